The highest BCUT2D eigenvalue weighted by molar-refractivity contribution is 14.0. The Kier molecular flexibility index (Phi) is 7.98. The van der Waals surface area contributed by atoms with Crippen molar-refractivity contribution in [3.8, 4) is 0 Å². The molecule has 0 aromatic carbocycles. The number of pyridine rings is 1. The predicted molar refractivity (Wildman–Crippen MR) is 77.3 cm³/mol. The Morgan fingerprint density at radius 2 is 1.92 bits per heavy atom. The number of nitrogens with zero attached hydrogens (tertiary/aromatic N) is 1. The van der Waals surface area contributed by atoms with E-state index in [1.54, 1.807) is 12.3 Å². The third kappa shape index (κ3) is 5.34. The lowest BCUT2D eigenvalue weighted by Gasteiger charge is -2.18. The lowest BCUT2D eigenvalue weighted by molar-refractivity contribution is 0.553. The predicted octanol–water partition coefficient (Wildman–Crippen LogP) is 3.16. The zero-order chi connectivity index (χ0) is 8.48. The van der Waals surface area contributed by atoms with E-state index < -0.39 is 0 Å². The largest absolute Gasteiger partial charge is 0.322 e. The van der Waals surface area contributed by atoms with Gasteiger partial charge in [-0.3, -0.25) is 0 Å². The van der Waals surface area contributed by atoms with Gasteiger partial charge in [-0.05, 0) is 31.5 Å². The molecular formula is C8H13ClI2N2. The number of hydrogen-bond donors (Lipinski definition) is 1. The quantitative estimate of drug-likeness (QED) is 0.554. The second-order valence-corrected chi connectivity index (χ2v) is 3.48. The van der Waals surface area contributed by atoms with E-state index in [0.717, 1.165) is 5.56 Å². The minimum atomic E-state index is -0.341. The number of hydrogen-bond acceptors (Lipinski definition) is 2. The lowest BCUT2D eigenvalue weighted by atomic mass is 9.97. The average molecular weight is 426 g/mol. The van der Waals surface area contributed by atoms with Gasteiger partial charge in [0.2, 0.25) is 0 Å². The standard InChI is InChI=1S/C8H11ClN2.2HI/c1-8(2,10)6-3-4-11-7(9)5-6;;/h3-5H,10H2,1-2H3;2*1H. The van der Waals surface area contributed by atoms with Crippen molar-refractivity contribution in [3.63, 3.8) is 0 Å². The maximum absolute atomic E-state index is 5.84. The summed E-state index contributed by atoms with van der Waals surface area (Å²) in [5, 5.41) is 0.487. The van der Waals surface area contributed by atoms with Crippen LogP contribution in [0.4, 0.5) is 0 Å². The fourth-order valence-electron chi connectivity index (χ4n) is 0.803. The Morgan fingerprint density at radius 1 is 1.38 bits per heavy atom. The summed E-state index contributed by atoms with van der Waals surface area (Å²) in [6.45, 7) is 3.86. The molecule has 0 fully saturated rings. The van der Waals surface area contributed by atoms with Gasteiger partial charge >= 0.3 is 0 Å². The topological polar surface area (TPSA) is 38.9 Å². The van der Waals surface area contributed by atoms with Crippen molar-refractivity contribution in [1.82, 2.24) is 4.98 Å². The summed E-state index contributed by atoms with van der Waals surface area (Å²) in [5.74, 6) is 0. The van der Waals surface area contributed by atoms with Crippen molar-refractivity contribution in [2.75, 3.05) is 0 Å². The van der Waals surface area contributed by atoms with Gasteiger partial charge in [0.15, 0.2) is 0 Å². The fourth-order valence-corrected chi connectivity index (χ4v) is 0.977. The van der Waals surface area contributed by atoms with Crippen LogP contribution in [0.15, 0.2) is 18.3 Å². The minimum Gasteiger partial charge on any atom is -0.322 e. The highest BCUT2D eigenvalue weighted by Gasteiger charge is 2.13. The zero-order valence-electron chi connectivity index (χ0n) is 7.45. The molecule has 0 bridgehead atoms. The SMILES string of the molecule is CC(C)(N)c1ccnc(Cl)c1.I.I. The van der Waals surface area contributed by atoms with Crippen LogP contribution in [-0.2, 0) is 5.54 Å². The molecule has 1 rings (SSSR count). The Bertz CT molecular complexity index is 261. The van der Waals surface area contributed by atoms with Gasteiger partial charge in [-0.15, -0.1) is 48.0 Å². The van der Waals surface area contributed by atoms with Crippen LogP contribution >= 0.6 is 59.6 Å². The number of rotatable bonds is 1. The Labute approximate surface area is 118 Å². The normalized spacial score (nSPS) is 9.85. The summed E-state index contributed by atoms with van der Waals surface area (Å²) in [5.41, 5.74) is 6.50. The third-order valence-corrected chi connectivity index (χ3v) is 1.68. The highest BCUT2D eigenvalue weighted by atomic mass is 127. The summed E-state index contributed by atoms with van der Waals surface area (Å²) >= 11 is 5.68. The molecule has 0 aliphatic heterocycles. The van der Waals surface area contributed by atoms with E-state index in [1.807, 2.05) is 19.9 Å². The van der Waals surface area contributed by atoms with Crippen molar-refractivity contribution in [2.45, 2.75) is 19.4 Å². The average Bonchev–Trinajstić information content (AvgIpc) is 1.86. The fraction of sp³-hybridized carbons (Fsp3) is 0.375. The molecule has 1 aromatic rings. The molecule has 0 radical (unpaired) electrons. The lowest BCUT2D eigenvalue weighted by Crippen LogP contribution is -2.28. The van der Waals surface area contributed by atoms with Crippen molar-refractivity contribution in [2.24, 2.45) is 5.73 Å². The molecule has 0 saturated heterocycles. The first-order valence-electron chi connectivity index (χ1n) is 3.41. The molecule has 1 aromatic heterocycles. The Morgan fingerprint density at radius 3 is 2.23 bits per heavy atom. The van der Waals surface area contributed by atoms with Crippen LogP contribution < -0.4 is 5.73 Å². The molecular weight excluding hydrogens is 413 g/mol. The molecule has 0 atom stereocenters. The molecule has 1 heterocycles. The maximum Gasteiger partial charge on any atom is 0.129 e. The van der Waals surface area contributed by atoms with E-state index in [9.17, 15) is 0 Å². The van der Waals surface area contributed by atoms with Crippen LogP contribution in [0.5, 0.6) is 0 Å². The molecule has 2 N–H and O–H groups in total. The molecule has 0 spiro atoms. The van der Waals surface area contributed by atoms with Gasteiger partial charge in [0.25, 0.3) is 0 Å². The zero-order valence-corrected chi connectivity index (χ0v) is 12.9. The van der Waals surface area contributed by atoms with E-state index in [2.05, 4.69) is 4.98 Å². The molecule has 0 aliphatic rings. The smallest absolute Gasteiger partial charge is 0.129 e. The Hall–Kier alpha value is 0.860. The van der Waals surface area contributed by atoms with Gasteiger partial charge in [0.05, 0.1) is 0 Å². The summed E-state index contributed by atoms with van der Waals surface area (Å²) in [7, 11) is 0. The second kappa shape index (κ2) is 6.36. The van der Waals surface area contributed by atoms with Crippen molar-refractivity contribution >= 4 is 59.6 Å². The molecule has 13 heavy (non-hydrogen) atoms. The molecule has 2 nitrogen and oxygen atoms in total. The Balaban J connectivity index is 0. The van der Waals surface area contributed by atoms with E-state index in [4.69, 9.17) is 17.3 Å². The van der Waals surface area contributed by atoms with Crippen LogP contribution in [0.3, 0.4) is 0 Å². The molecule has 5 heteroatoms. The van der Waals surface area contributed by atoms with Crippen LogP contribution in [0, 0.1) is 0 Å². The molecule has 0 saturated carbocycles. The first-order chi connectivity index (χ1) is 5.00. The van der Waals surface area contributed by atoms with E-state index in [0.29, 0.717) is 5.15 Å². The monoisotopic (exact) mass is 426 g/mol. The van der Waals surface area contributed by atoms with Gasteiger partial charge in [0, 0.05) is 11.7 Å². The van der Waals surface area contributed by atoms with E-state index in [-0.39, 0.29) is 53.5 Å². The molecule has 0 aliphatic carbocycles. The third-order valence-electron chi connectivity index (χ3n) is 1.47. The van der Waals surface area contributed by atoms with Gasteiger partial charge in [-0.2, -0.15) is 0 Å². The van der Waals surface area contributed by atoms with E-state index in [1.165, 1.54) is 0 Å². The molecule has 0 amide bonds. The number of nitrogens with two attached hydrogens (primary N) is 1. The van der Waals surface area contributed by atoms with E-state index >= 15 is 0 Å². The van der Waals surface area contributed by atoms with Crippen molar-refractivity contribution in [1.29, 1.82) is 0 Å². The van der Waals surface area contributed by atoms with Gasteiger partial charge in [0.1, 0.15) is 5.15 Å². The van der Waals surface area contributed by atoms with Crippen LogP contribution in [0.2, 0.25) is 5.15 Å². The van der Waals surface area contributed by atoms with Gasteiger partial charge in [-0.1, -0.05) is 11.6 Å². The van der Waals surface area contributed by atoms with Gasteiger partial charge in [-0.25, -0.2) is 4.98 Å². The minimum absolute atomic E-state index is 0. The summed E-state index contributed by atoms with van der Waals surface area (Å²) < 4.78 is 0. The van der Waals surface area contributed by atoms with Crippen molar-refractivity contribution in [3.05, 3.63) is 29.0 Å². The van der Waals surface area contributed by atoms with Gasteiger partial charge < -0.3 is 5.73 Å². The summed E-state index contributed by atoms with van der Waals surface area (Å²) in [6, 6.07) is 3.65. The summed E-state index contributed by atoms with van der Waals surface area (Å²) in [6.07, 6.45) is 1.66. The molecule has 76 valence electrons. The molecule has 0 unspecified atom stereocenters. The first kappa shape index (κ1) is 16.3. The van der Waals surface area contributed by atoms with Crippen LogP contribution in [0.25, 0.3) is 0 Å². The maximum atomic E-state index is 5.84. The number of aromatic nitrogens is 1. The van der Waals surface area contributed by atoms with Crippen LogP contribution in [-0.4, -0.2) is 4.98 Å². The first-order valence-corrected chi connectivity index (χ1v) is 3.79. The van der Waals surface area contributed by atoms with Crippen LogP contribution in [0.1, 0.15) is 19.4 Å². The highest BCUT2D eigenvalue weighted by Crippen LogP contribution is 2.18. The second-order valence-electron chi connectivity index (χ2n) is 3.09. The number of halogens is 3. The summed E-state index contributed by atoms with van der Waals surface area (Å²) in [4.78, 5) is 3.86. The van der Waals surface area contributed by atoms with Crippen molar-refractivity contribution < 1.29 is 0 Å².